The second kappa shape index (κ2) is 6.16. The van der Waals surface area contributed by atoms with Crippen LogP contribution in [0, 0.1) is 18.2 Å². The predicted molar refractivity (Wildman–Crippen MR) is 91.5 cm³/mol. The molecule has 0 fully saturated rings. The number of aromatic nitrogens is 2. The molecule has 0 spiro atoms. The summed E-state index contributed by atoms with van der Waals surface area (Å²) in [5, 5.41) is 10.4. The Hall–Kier alpha value is -3.28. The number of anilines is 1. The third-order valence-corrected chi connectivity index (χ3v) is 4.76. The molecular weight excluding hydrogens is 360 g/mol. The van der Waals surface area contributed by atoms with Gasteiger partial charge in [0.15, 0.2) is 12.4 Å². The van der Waals surface area contributed by atoms with Crippen molar-refractivity contribution in [1.82, 2.24) is 9.13 Å². The molecule has 1 amide bonds. The number of benzene rings is 1. The summed E-state index contributed by atoms with van der Waals surface area (Å²) in [4.78, 5) is 26.0. The molecule has 1 atom stereocenters. The molecule has 1 unspecified atom stereocenters. The number of hydrogen-bond donors (Lipinski definition) is 1. The Morgan fingerprint density at radius 2 is 2.11 bits per heavy atom. The first-order chi connectivity index (χ1) is 12.9. The van der Waals surface area contributed by atoms with Gasteiger partial charge in [-0.2, -0.15) is 0 Å². The second-order valence-electron chi connectivity index (χ2n) is 6.37. The minimum atomic E-state index is -1.18. The van der Waals surface area contributed by atoms with Crippen molar-refractivity contribution in [3.63, 3.8) is 0 Å². The fourth-order valence-electron chi connectivity index (χ4n) is 3.45. The van der Waals surface area contributed by atoms with E-state index in [0.717, 1.165) is 10.6 Å². The monoisotopic (exact) mass is 375 g/mol. The Kier molecular flexibility index (Phi) is 3.91. The highest BCUT2D eigenvalue weighted by atomic mass is 19.1. The molecule has 0 radical (unpaired) electrons. The number of terminal acetylenes is 1. The van der Waals surface area contributed by atoms with Crippen LogP contribution in [-0.2, 0) is 17.8 Å². The van der Waals surface area contributed by atoms with Crippen molar-refractivity contribution in [1.29, 1.82) is 0 Å². The number of rotatable bonds is 2. The quantitative estimate of drug-likeness (QED) is 0.799. The molecule has 9 heteroatoms. The van der Waals surface area contributed by atoms with E-state index < -0.39 is 29.5 Å². The molecule has 7 nitrogen and oxygen atoms in total. The van der Waals surface area contributed by atoms with E-state index in [-0.39, 0.29) is 55.4 Å². The summed E-state index contributed by atoms with van der Waals surface area (Å²) in [6.07, 6.45) is 4.12. The zero-order valence-corrected chi connectivity index (χ0v) is 14.1. The maximum Gasteiger partial charge on any atom is 0.336 e. The molecule has 1 N–H and O–H groups in total. The van der Waals surface area contributed by atoms with Gasteiger partial charge in [0.05, 0.1) is 23.6 Å². The number of imidazole rings is 1. The standard InChI is InChI=1S/C18H15F2N3O4/c1-2-4-21-13-8-12(11(20)7-15(13)27-9-16(21)24)23-17(25)14-6-10(19)3-5-22(14)18(23)26/h1,7-8,10,25H,3-6,9H2. The summed E-state index contributed by atoms with van der Waals surface area (Å²) in [6, 6.07) is 2.25. The van der Waals surface area contributed by atoms with Crippen molar-refractivity contribution in [3.8, 4) is 29.7 Å². The molecule has 1 aromatic heterocycles. The molecule has 3 heterocycles. The number of carbonyl (C=O) groups excluding carboxylic acids is 1. The molecule has 0 aliphatic carbocycles. The van der Waals surface area contributed by atoms with Crippen LogP contribution in [0.25, 0.3) is 5.69 Å². The van der Waals surface area contributed by atoms with Crippen LogP contribution in [0.3, 0.4) is 0 Å². The Morgan fingerprint density at radius 1 is 1.33 bits per heavy atom. The summed E-state index contributed by atoms with van der Waals surface area (Å²) in [6.45, 7) is -0.249. The second-order valence-corrected chi connectivity index (χ2v) is 6.37. The number of amides is 1. The van der Waals surface area contributed by atoms with Crippen molar-refractivity contribution >= 4 is 11.6 Å². The van der Waals surface area contributed by atoms with Crippen LogP contribution in [0.15, 0.2) is 16.9 Å². The van der Waals surface area contributed by atoms with E-state index in [0.29, 0.717) is 0 Å². The van der Waals surface area contributed by atoms with Gasteiger partial charge in [-0.15, -0.1) is 6.42 Å². The minimum Gasteiger partial charge on any atom is -0.493 e. The van der Waals surface area contributed by atoms with E-state index in [9.17, 15) is 23.5 Å². The number of carbonyl (C=O) groups is 1. The first-order valence-corrected chi connectivity index (χ1v) is 8.30. The summed E-state index contributed by atoms with van der Waals surface area (Å²) >= 11 is 0. The number of fused-ring (bicyclic) bond motifs is 2. The van der Waals surface area contributed by atoms with Gasteiger partial charge >= 0.3 is 5.69 Å². The lowest BCUT2D eigenvalue weighted by Gasteiger charge is -2.28. The van der Waals surface area contributed by atoms with Crippen LogP contribution in [-0.4, -0.2) is 39.5 Å². The average molecular weight is 375 g/mol. The Bertz CT molecular complexity index is 1050. The fraction of sp³-hybridized carbons (Fsp3) is 0.333. The molecular formula is C18H15F2N3O4. The van der Waals surface area contributed by atoms with E-state index in [4.69, 9.17) is 11.2 Å². The molecule has 1 aromatic carbocycles. The van der Waals surface area contributed by atoms with Gasteiger partial charge in [-0.05, 0) is 12.5 Å². The van der Waals surface area contributed by atoms with Gasteiger partial charge in [0.1, 0.15) is 11.9 Å². The number of halogens is 2. The molecule has 4 rings (SSSR count). The van der Waals surface area contributed by atoms with Crippen molar-refractivity contribution in [3.05, 3.63) is 34.1 Å². The lowest BCUT2D eigenvalue weighted by Crippen LogP contribution is -2.39. The van der Waals surface area contributed by atoms with E-state index in [1.54, 1.807) is 0 Å². The largest absolute Gasteiger partial charge is 0.493 e. The smallest absolute Gasteiger partial charge is 0.336 e. The zero-order valence-electron chi connectivity index (χ0n) is 14.1. The zero-order chi connectivity index (χ0) is 19.3. The van der Waals surface area contributed by atoms with Crippen LogP contribution in [0.5, 0.6) is 11.6 Å². The first kappa shape index (κ1) is 17.1. The van der Waals surface area contributed by atoms with Gasteiger partial charge in [-0.25, -0.2) is 18.1 Å². The molecule has 0 saturated heterocycles. The van der Waals surface area contributed by atoms with Gasteiger partial charge in [0, 0.05) is 19.0 Å². The molecule has 2 aliphatic rings. The number of ether oxygens (including phenoxy) is 1. The number of alkyl halides is 1. The number of nitrogens with zero attached hydrogens (tertiary/aromatic N) is 3. The van der Waals surface area contributed by atoms with Crippen LogP contribution in [0.2, 0.25) is 0 Å². The SMILES string of the molecule is C#CCN1C(=O)COc2cc(F)c(-n3c(O)c4n(c3=O)CCC(F)C4)cc21. The summed E-state index contributed by atoms with van der Waals surface area (Å²) < 4.78 is 35.6. The maximum absolute atomic E-state index is 14.7. The summed E-state index contributed by atoms with van der Waals surface area (Å²) in [7, 11) is 0. The molecule has 0 bridgehead atoms. The number of aromatic hydroxyl groups is 1. The normalized spacial score (nSPS) is 18.5. The fourth-order valence-corrected chi connectivity index (χ4v) is 3.45. The summed E-state index contributed by atoms with van der Waals surface area (Å²) in [5.74, 6) is 0.681. The maximum atomic E-state index is 14.7. The highest BCUT2D eigenvalue weighted by Crippen LogP contribution is 2.37. The average Bonchev–Trinajstić information content (AvgIpc) is 2.88. The molecule has 140 valence electrons. The van der Waals surface area contributed by atoms with Crippen molar-refractivity contribution in [2.45, 2.75) is 25.6 Å². The first-order valence-electron chi connectivity index (χ1n) is 8.30. The number of hydrogen-bond acceptors (Lipinski definition) is 4. The van der Waals surface area contributed by atoms with Crippen LogP contribution < -0.4 is 15.3 Å². The Balaban J connectivity index is 1.91. The highest BCUT2D eigenvalue weighted by Gasteiger charge is 2.31. The van der Waals surface area contributed by atoms with E-state index in [1.807, 2.05) is 0 Å². The lowest BCUT2D eigenvalue weighted by molar-refractivity contribution is -0.121. The van der Waals surface area contributed by atoms with Gasteiger partial charge in [-0.3, -0.25) is 14.3 Å². The van der Waals surface area contributed by atoms with Crippen molar-refractivity contribution in [2.75, 3.05) is 18.1 Å². The topological polar surface area (TPSA) is 76.7 Å². The Labute approximate surface area is 152 Å². The van der Waals surface area contributed by atoms with Gasteiger partial charge in [0.2, 0.25) is 5.88 Å². The Morgan fingerprint density at radius 3 is 2.85 bits per heavy atom. The predicted octanol–water partition coefficient (Wildman–Crippen LogP) is 1.13. The minimum absolute atomic E-state index is 0.0586. The van der Waals surface area contributed by atoms with Gasteiger partial charge < -0.3 is 9.84 Å². The highest BCUT2D eigenvalue weighted by molar-refractivity contribution is 5.98. The molecule has 0 saturated carbocycles. The third-order valence-electron chi connectivity index (χ3n) is 4.76. The summed E-state index contributed by atoms with van der Waals surface area (Å²) in [5.41, 5.74) is -0.642. The lowest BCUT2D eigenvalue weighted by atomic mass is 10.1. The van der Waals surface area contributed by atoms with E-state index >= 15 is 0 Å². The van der Waals surface area contributed by atoms with Crippen molar-refractivity contribution in [2.24, 2.45) is 0 Å². The van der Waals surface area contributed by atoms with E-state index in [1.165, 1.54) is 15.5 Å². The van der Waals surface area contributed by atoms with Crippen LogP contribution in [0.1, 0.15) is 12.1 Å². The third kappa shape index (κ3) is 2.56. The van der Waals surface area contributed by atoms with E-state index in [2.05, 4.69) is 5.92 Å². The molecule has 2 aromatic rings. The van der Waals surface area contributed by atoms with Crippen LogP contribution >= 0.6 is 0 Å². The van der Waals surface area contributed by atoms with Crippen molar-refractivity contribution < 1.29 is 23.4 Å². The van der Waals surface area contributed by atoms with Gasteiger partial charge in [0.25, 0.3) is 5.91 Å². The molecule has 27 heavy (non-hydrogen) atoms. The van der Waals surface area contributed by atoms with Gasteiger partial charge in [-0.1, -0.05) is 5.92 Å². The molecule has 2 aliphatic heterocycles. The van der Waals surface area contributed by atoms with Crippen LogP contribution in [0.4, 0.5) is 14.5 Å².